The van der Waals surface area contributed by atoms with Crippen LogP contribution < -0.4 is 15.2 Å². The number of carbonyl (C=O) groups excluding carboxylic acids is 1. The third-order valence-corrected chi connectivity index (χ3v) is 2.95. The van der Waals surface area contributed by atoms with Crippen LogP contribution in [0, 0.1) is 5.92 Å². The maximum Gasteiger partial charge on any atom is 0.430 e. The van der Waals surface area contributed by atoms with E-state index in [2.05, 4.69) is 24.4 Å². The number of halogens is 3. The van der Waals surface area contributed by atoms with E-state index in [1.54, 1.807) is 7.11 Å². The minimum Gasteiger partial charge on any atom is -0.542 e. The number of hydrogen-bond donors (Lipinski definition) is 1. The molecular formula is C14H16F3NO3. The Labute approximate surface area is 120 Å². The van der Waals surface area contributed by atoms with E-state index in [1.165, 1.54) is 23.6 Å². The average molecular weight is 303 g/mol. The third-order valence-electron chi connectivity index (χ3n) is 2.95. The molecule has 0 saturated heterocycles. The van der Waals surface area contributed by atoms with Crippen LogP contribution in [-0.2, 0) is 11.2 Å². The van der Waals surface area contributed by atoms with Crippen LogP contribution >= 0.6 is 0 Å². The highest BCUT2D eigenvalue weighted by Gasteiger charge is 2.28. The zero-order valence-corrected chi connectivity index (χ0v) is 11.7. The lowest BCUT2D eigenvalue weighted by molar-refractivity contribution is -0.344. The predicted molar refractivity (Wildman–Crippen MR) is 69.8 cm³/mol. The van der Waals surface area contributed by atoms with Gasteiger partial charge in [0.25, 0.3) is 0 Å². The standard InChI is InChI=1S/C12H16NO.C2HF3O2/c1-9-3-4-10-7-11(14-2)5-6-12(10)13-8-9;3-2(4,5)1(6)7/h5-7,13H,3-4,8H2,1-2H3;(H,6,7)/q+1;/p-1. The normalized spacial score (nSPS) is 14.0. The van der Waals surface area contributed by atoms with E-state index in [-0.39, 0.29) is 0 Å². The van der Waals surface area contributed by atoms with Crippen molar-refractivity contribution < 1.29 is 27.8 Å². The summed E-state index contributed by atoms with van der Waals surface area (Å²) >= 11 is 0. The molecule has 0 unspecified atom stereocenters. The minimum absolute atomic E-state index is 0.949. The monoisotopic (exact) mass is 303 g/mol. The Hall–Kier alpha value is -2.05. The first-order valence-electron chi connectivity index (χ1n) is 6.24. The van der Waals surface area contributed by atoms with Crippen LogP contribution in [0.25, 0.3) is 0 Å². The molecule has 21 heavy (non-hydrogen) atoms. The fraction of sp³-hybridized carbons (Fsp3) is 0.429. The van der Waals surface area contributed by atoms with Gasteiger partial charge in [-0.2, -0.15) is 13.2 Å². The Morgan fingerprint density at radius 3 is 2.57 bits per heavy atom. The van der Waals surface area contributed by atoms with E-state index < -0.39 is 12.1 Å². The molecular weight excluding hydrogens is 287 g/mol. The van der Waals surface area contributed by atoms with Crippen LogP contribution in [0.1, 0.15) is 18.9 Å². The summed E-state index contributed by atoms with van der Waals surface area (Å²) in [6.07, 6.45) is -2.90. The van der Waals surface area contributed by atoms with Gasteiger partial charge in [-0.3, -0.25) is 0 Å². The van der Waals surface area contributed by atoms with Crippen LogP contribution in [-0.4, -0.2) is 25.8 Å². The van der Waals surface area contributed by atoms with Crippen molar-refractivity contribution >= 4 is 11.7 Å². The van der Waals surface area contributed by atoms with Gasteiger partial charge in [0.05, 0.1) is 20.5 Å². The lowest BCUT2D eigenvalue weighted by Crippen LogP contribution is -2.37. The number of carboxylic acid groups (broad SMARTS) is 1. The second-order valence-corrected chi connectivity index (χ2v) is 4.62. The Morgan fingerprint density at radius 2 is 2.05 bits per heavy atom. The molecule has 0 atom stereocenters. The molecule has 0 spiro atoms. The molecule has 2 rings (SSSR count). The number of nitrogens with one attached hydrogen (secondary N) is 1. The number of carbonyl (C=O) groups is 1. The molecule has 4 nitrogen and oxygen atoms in total. The van der Waals surface area contributed by atoms with Gasteiger partial charge in [-0.25, -0.2) is 0 Å². The molecule has 0 amide bonds. The van der Waals surface area contributed by atoms with E-state index in [9.17, 15) is 13.2 Å². The number of ether oxygens (including phenoxy) is 1. The first-order valence-corrected chi connectivity index (χ1v) is 6.24. The van der Waals surface area contributed by atoms with Gasteiger partial charge >= 0.3 is 6.18 Å². The van der Waals surface area contributed by atoms with Crippen molar-refractivity contribution in [3.8, 4) is 5.75 Å². The quantitative estimate of drug-likeness (QED) is 0.806. The summed E-state index contributed by atoms with van der Waals surface area (Å²) in [6, 6.07) is 6.24. The molecule has 1 aromatic rings. The molecule has 1 aromatic carbocycles. The second kappa shape index (κ2) is 7.10. The Morgan fingerprint density at radius 1 is 1.43 bits per heavy atom. The number of benzene rings is 1. The molecule has 0 bridgehead atoms. The van der Waals surface area contributed by atoms with Gasteiger partial charge < -0.3 is 20.0 Å². The van der Waals surface area contributed by atoms with Crippen molar-refractivity contribution in [1.82, 2.24) is 0 Å². The zero-order valence-electron chi connectivity index (χ0n) is 11.7. The van der Waals surface area contributed by atoms with Crippen LogP contribution in [0.5, 0.6) is 5.75 Å². The van der Waals surface area contributed by atoms with Crippen molar-refractivity contribution in [2.45, 2.75) is 25.9 Å². The summed E-state index contributed by atoms with van der Waals surface area (Å²) in [4.78, 5) is 8.78. The van der Waals surface area contributed by atoms with Gasteiger partial charge in [-0.15, -0.1) is 0 Å². The number of hydrogen-bond acceptors (Lipinski definition) is 4. The highest BCUT2D eigenvalue weighted by Crippen LogP contribution is 2.27. The summed E-state index contributed by atoms with van der Waals surface area (Å²) in [5.41, 5.74) is 2.61. The summed E-state index contributed by atoms with van der Waals surface area (Å²) in [7, 11) is 1.71. The number of carboxylic acids is 1. The van der Waals surface area contributed by atoms with Crippen molar-refractivity contribution in [3.63, 3.8) is 0 Å². The van der Waals surface area contributed by atoms with E-state index in [0.717, 1.165) is 18.7 Å². The smallest absolute Gasteiger partial charge is 0.430 e. The maximum atomic E-state index is 10.5. The SMILES string of the molecule is COc1ccc2c(c1)CC[C+](C)CN2.O=C([O-])C(F)(F)F. The largest absolute Gasteiger partial charge is 0.542 e. The van der Waals surface area contributed by atoms with Crippen molar-refractivity contribution in [2.24, 2.45) is 0 Å². The molecule has 0 radical (unpaired) electrons. The third kappa shape index (κ3) is 5.45. The molecule has 1 N–H and O–H groups in total. The van der Waals surface area contributed by atoms with Crippen LogP contribution in [0.15, 0.2) is 18.2 Å². The van der Waals surface area contributed by atoms with Gasteiger partial charge in [0.1, 0.15) is 17.6 Å². The number of fused-ring (bicyclic) bond motifs is 1. The van der Waals surface area contributed by atoms with Gasteiger partial charge in [0, 0.05) is 12.1 Å². The van der Waals surface area contributed by atoms with E-state index in [1.807, 2.05) is 6.07 Å². The minimum atomic E-state index is -5.19. The van der Waals surface area contributed by atoms with Gasteiger partial charge in [0.15, 0.2) is 6.54 Å². The summed E-state index contributed by atoms with van der Waals surface area (Å²) in [5.74, 6) is -0.544. The highest BCUT2D eigenvalue weighted by atomic mass is 19.4. The number of rotatable bonds is 1. The number of anilines is 1. The van der Waals surface area contributed by atoms with E-state index in [0.29, 0.717) is 0 Å². The average Bonchev–Trinajstić information content (AvgIpc) is 2.60. The van der Waals surface area contributed by atoms with Crippen LogP contribution in [0.2, 0.25) is 0 Å². The van der Waals surface area contributed by atoms with Crippen molar-refractivity contribution in [1.29, 1.82) is 0 Å². The topological polar surface area (TPSA) is 61.4 Å². The van der Waals surface area contributed by atoms with Crippen LogP contribution in [0.3, 0.4) is 0 Å². The van der Waals surface area contributed by atoms with Crippen molar-refractivity contribution in [2.75, 3.05) is 19.0 Å². The molecule has 7 heteroatoms. The maximum absolute atomic E-state index is 10.5. The molecule has 116 valence electrons. The van der Waals surface area contributed by atoms with Gasteiger partial charge in [0.2, 0.25) is 0 Å². The Bertz CT molecular complexity index is 489. The fourth-order valence-corrected chi connectivity index (χ4v) is 1.76. The summed E-state index contributed by atoms with van der Waals surface area (Å²) in [5, 5.41) is 12.2. The lowest BCUT2D eigenvalue weighted by atomic mass is 10.0. The molecule has 1 aliphatic rings. The predicted octanol–water partition coefficient (Wildman–Crippen LogP) is 1.95. The van der Waals surface area contributed by atoms with Crippen molar-refractivity contribution in [3.05, 3.63) is 29.7 Å². The number of aryl methyl sites for hydroxylation is 1. The van der Waals surface area contributed by atoms with Crippen LogP contribution in [0.4, 0.5) is 18.9 Å². The van der Waals surface area contributed by atoms with Gasteiger partial charge in [-0.05, 0) is 23.8 Å². The molecule has 0 aliphatic carbocycles. The number of aliphatic carboxylic acids is 1. The molecule has 1 heterocycles. The molecule has 0 aromatic heterocycles. The number of methoxy groups -OCH3 is 1. The van der Waals surface area contributed by atoms with E-state index >= 15 is 0 Å². The highest BCUT2D eigenvalue weighted by molar-refractivity contribution is 5.70. The Kier molecular flexibility index (Phi) is 5.75. The summed E-state index contributed by atoms with van der Waals surface area (Å²) in [6.45, 7) is 3.20. The van der Waals surface area contributed by atoms with E-state index in [4.69, 9.17) is 14.6 Å². The Balaban J connectivity index is 0.000000270. The zero-order chi connectivity index (χ0) is 16.0. The molecule has 0 saturated carbocycles. The van der Waals surface area contributed by atoms with Gasteiger partial charge in [-0.1, -0.05) is 0 Å². The first kappa shape index (κ1) is 17.0. The molecule has 0 fully saturated rings. The molecule has 1 aliphatic heterocycles. The fourth-order valence-electron chi connectivity index (χ4n) is 1.76. The second-order valence-electron chi connectivity index (χ2n) is 4.62. The lowest BCUT2D eigenvalue weighted by Gasteiger charge is -2.07. The summed E-state index contributed by atoms with van der Waals surface area (Å²) < 4.78 is 36.8. The number of alkyl halides is 3. The first-order chi connectivity index (χ1) is 9.74.